The fourth-order valence-corrected chi connectivity index (χ4v) is 2.05. The Morgan fingerprint density at radius 3 is 2.76 bits per heavy atom. The van der Waals surface area contributed by atoms with Crippen molar-refractivity contribution >= 4 is 11.9 Å². The van der Waals surface area contributed by atoms with Crippen molar-refractivity contribution in [2.24, 2.45) is 0 Å². The lowest BCUT2D eigenvalue weighted by Gasteiger charge is -2.40. The molecule has 0 bridgehead atoms. The van der Waals surface area contributed by atoms with Crippen molar-refractivity contribution in [2.45, 2.75) is 25.3 Å². The van der Waals surface area contributed by atoms with E-state index in [1.807, 2.05) is 12.1 Å². The van der Waals surface area contributed by atoms with Gasteiger partial charge in [0.2, 0.25) is 5.91 Å². The zero-order valence-electron chi connectivity index (χ0n) is 10.7. The van der Waals surface area contributed by atoms with Crippen LogP contribution in [0.2, 0.25) is 0 Å². The van der Waals surface area contributed by atoms with Gasteiger partial charge in [0, 0.05) is 26.6 Å². The highest BCUT2D eigenvalue weighted by Gasteiger charge is 2.35. The number of methoxy groups -OCH3 is 1. The van der Waals surface area contributed by atoms with Crippen molar-refractivity contribution in [3.05, 3.63) is 0 Å². The van der Waals surface area contributed by atoms with E-state index in [2.05, 4.69) is 5.32 Å². The Morgan fingerprint density at radius 1 is 1.47 bits per heavy atom. The fourth-order valence-electron chi connectivity index (χ4n) is 2.05. The third kappa shape index (κ3) is 3.41. The zero-order chi connectivity index (χ0) is 12.8. The minimum absolute atomic E-state index is 0.0445. The van der Waals surface area contributed by atoms with Gasteiger partial charge in [0.1, 0.15) is 6.04 Å². The van der Waals surface area contributed by atoms with Gasteiger partial charge in [-0.05, 0) is 19.9 Å². The van der Waals surface area contributed by atoms with Crippen LogP contribution in [0.25, 0.3) is 0 Å². The molecule has 1 saturated heterocycles. The van der Waals surface area contributed by atoms with E-state index >= 15 is 0 Å². The molecule has 17 heavy (non-hydrogen) atoms. The number of esters is 1. The normalized spacial score (nSPS) is 21.4. The SMILES string of the molecule is CNCCC(=O)N1C(C(=O)OC)CCCN1C. The summed E-state index contributed by atoms with van der Waals surface area (Å²) < 4.78 is 4.75. The highest BCUT2D eigenvalue weighted by molar-refractivity contribution is 5.84. The number of amides is 1. The highest BCUT2D eigenvalue weighted by Crippen LogP contribution is 2.18. The lowest BCUT2D eigenvalue weighted by Crippen LogP contribution is -2.57. The van der Waals surface area contributed by atoms with E-state index in [4.69, 9.17) is 4.74 Å². The van der Waals surface area contributed by atoms with Crippen LogP contribution in [-0.4, -0.2) is 62.2 Å². The minimum atomic E-state index is -0.469. The van der Waals surface area contributed by atoms with Crippen molar-refractivity contribution in [2.75, 3.05) is 34.3 Å². The summed E-state index contributed by atoms with van der Waals surface area (Å²) in [7, 11) is 4.98. The van der Waals surface area contributed by atoms with E-state index in [9.17, 15) is 9.59 Å². The number of ether oxygens (including phenoxy) is 1. The molecular weight excluding hydrogens is 222 g/mol. The molecule has 6 nitrogen and oxygen atoms in total. The quantitative estimate of drug-likeness (QED) is 0.681. The first-order valence-corrected chi connectivity index (χ1v) is 5.87. The molecule has 0 aromatic rings. The molecule has 0 spiro atoms. The first-order valence-electron chi connectivity index (χ1n) is 5.87. The second-order valence-electron chi connectivity index (χ2n) is 4.15. The summed E-state index contributed by atoms with van der Waals surface area (Å²) in [5.74, 6) is -0.383. The maximum atomic E-state index is 12.0. The number of carbonyl (C=O) groups excluding carboxylic acids is 2. The van der Waals surface area contributed by atoms with E-state index in [-0.39, 0.29) is 11.9 Å². The van der Waals surface area contributed by atoms with Gasteiger partial charge in [0.15, 0.2) is 0 Å². The third-order valence-electron chi connectivity index (χ3n) is 2.94. The Hall–Kier alpha value is -1.14. The monoisotopic (exact) mass is 243 g/mol. The van der Waals surface area contributed by atoms with Gasteiger partial charge in [-0.2, -0.15) is 0 Å². The second kappa shape index (κ2) is 6.56. The maximum Gasteiger partial charge on any atom is 0.330 e. The molecule has 1 N–H and O–H groups in total. The van der Waals surface area contributed by atoms with E-state index in [1.165, 1.54) is 12.1 Å². The van der Waals surface area contributed by atoms with Crippen molar-refractivity contribution in [3.8, 4) is 0 Å². The summed E-state index contributed by atoms with van der Waals surface area (Å²) in [5.41, 5.74) is 0. The standard InChI is InChI=1S/C11H21N3O3/c1-12-7-6-10(15)14-9(11(16)17-3)5-4-8-13(14)2/h9,12H,4-8H2,1-3H3. The van der Waals surface area contributed by atoms with Crippen LogP contribution < -0.4 is 5.32 Å². The van der Waals surface area contributed by atoms with Crippen molar-refractivity contribution in [1.29, 1.82) is 0 Å². The number of hydrazine groups is 1. The Labute approximate surface area is 102 Å². The average Bonchev–Trinajstić information content (AvgIpc) is 2.34. The molecule has 0 aromatic heterocycles. The number of hydrogen-bond acceptors (Lipinski definition) is 5. The van der Waals surface area contributed by atoms with Crippen LogP contribution in [0.4, 0.5) is 0 Å². The summed E-state index contributed by atoms with van der Waals surface area (Å²) >= 11 is 0. The van der Waals surface area contributed by atoms with E-state index in [0.29, 0.717) is 19.4 Å². The van der Waals surface area contributed by atoms with Crippen LogP contribution in [0.3, 0.4) is 0 Å². The molecule has 1 amide bonds. The summed E-state index contributed by atoms with van der Waals surface area (Å²) in [6, 6.07) is -0.469. The molecular formula is C11H21N3O3. The zero-order valence-corrected chi connectivity index (χ0v) is 10.7. The Bertz CT molecular complexity index is 283. The summed E-state index contributed by atoms with van der Waals surface area (Å²) in [4.78, 5) is 23.7. The van der Waals surface area contributed by atoms with Gasteiger partial charge >= 0.3 is 5.97 Å². The smallest absolute Gasteiger partial charge is 0.330 e. The molecule has 0 aromatic carbocycles. The van der Waals surface area contributed by atoms with Gasteiger partial charge in [-0.15, -0.1) is 0 Å². The summed E-state index contributed by atoms with van der Waals surface area (Å²) in [6.07, 6.45) is 1.95. The van der Waals surface area contributed by atoms with Gasteiger partial charge in [-0.25, -0.2) is 9.80 Å². The predicted octanol–water partition coefficient (Wildman–Crippen LogP) is -0.393. The molecule has 0 saturated carbocycles. The van der Waals surface area contributed by atoms with E-state index in [1.54, 1.807) is 7.05 Å². The van der Waals surface area contributed by atoms with Gasteiger partial charge in [0.05, 0.1) is 7.11 Å². The molecule has 0 radical (unpaired) electrons. The van der Waals surface area contributed by atoms with Crippen LogP contribution in [0, 0.1) is 0 Å². The Kier molecular flexibility index (Phi) is 5.37. The maximum absolute atomic E-state index is 12.0. The van der Waals surface area contributed by atoms with Crippen LogP contribution in [0.15, 0.2) is 0 Å². The molecule has 1 aliphatic rings. The topological polar surface area (TPSA) is 61.9 Å². The number of rotatable bonds is 4. The predicted molar refractivity (Wildman–Crippen MR) is 63.1 cm³/mol. The van der Waals surface area contributed by atoms with Crippen molar-refractivity contribution in [1.82, 2.24) is 15.3 Å². The molecule has 1 fully saturated rings. The number of carbonyl (C=O) groups is 2. The van der Waals surface area contributed by atoms with Crippen molar-refractivity contribution in [3.63, 3.8) is 0 Å². The van der Waals surface area contributed by atoms with Crippen LogP contribution in [-0.2, 0) is 14.3 Å². The first-order chi connectivity index (χ1) is 8.11. The summed E-state index contributed by atoms with van der Waals surface area (Å²) in [5, 5.41) is 6.27. The number of hydrogen-bond donors (Lipinski definition) is 1. The van der Waals surface area contributed by atoms with Gasteiger partial charge in [-0.3, -0.25) is 9.80 Å². The van der Waals surface area contributed by atoms with E-state index < -0.39 is 6.04 Å². The van der Waals surface area contributed by atoms with Gasteiger partial charge in [0.25, 0.3) is 0 Å². The second-order valence-corrected chi connectivity index (χ2v) is 4.15. The molecule has 6 heteroatoms. The Morgan fingerprint density at radius 2 is 2.18 bits per heavy atom. The van der Waals surface area contributed by atoms with Crippen molar-refractivity contribution < 1.29 is 14.3 Å². The van der Waals surface area contributed by atoms with Crippen LogP contribution >= 0.6 is 0 Å². The minimum Gasteiger partial charge on any atom is -0.467 e. The van der Waals surface area contributed by atoms with Crippen LogP contribution in [0.1, 0.15) is 19.3 Å². The molecule has 0 aliphatic carbocycles. The lowest BCUT2D eigenvalue weighted by atomic mass is 10.1. The van der Waals surface area contributed by atoms with Gasteiger partial charge in [-0.1, -0.05) is 0 Å². The lowest BCUT2D eigenvalue weighted by molar-refractivity contribution is -0.173. The van der Waals surface area contributed by atoms with Gasteiger partial charge < -0.3 is 10.1 Å². The average molecular weight is 243 g/mol. The first kappa shape index (κ1) is 13.9. The van der Waals surface area contributed by atoms with Crippen LogP contribution in [0.5, 0.6) is 0 Å². The number of nitrogens with zero attached hydrogens (tertiary/aromatic N) is 2. The molecule has 1 aliphatic heterocycles. The number of nitrogens with one attached hydrogen (secondary N) is 1. The Balaban J connectivity index is 2.73. The highest BCUT2D eigenvalue weighted by atomic mass is 16.5. The molecule has 98 valence electrons. The third-order valence-corrected chi connectivity index (χ3v) is 2.94. The molecule has 1 rings (SSSR count). The fraction of sp³-hybridized carbons (Fsp3) is 0.818. The summed E-state index contributed by atoms with van der Waals surface area (Å²) in [6.45, 7) is 1.40. The van der Waals surface area contributed by atoms with E-state index in [0.717, 1.165) is 13.0 Å². The molecule has 1 unspecified atom stereocenters. The molecule has 1 heterocycles. The largest absolute Gasteiger partial charge is 0.467 e. The molecule has 1 atom stereocenters.